The second-order valence-electron chi connectivity index (χ2n) is 8.56. The molecule has 4 aliphatic rings. The number of rotatable bonds is 3. The van der Waals surface area contributed by atoms with Gasteiger partial charge in [0.1, 0.15) is 0 Å². The Bertz CT molecular complexity index is 800. The minimum Gasteiger partial charge on any atom is -0.453 e. The molecular formula is C22H29Cl2N3O3. The number of likely N-dealkylation sites (tertiary alicyclic amines) is 1. The molecule has 30 heavy (non-hydrogen) atoms. The fraction of sp³-hybridized carbons (Fsp3) is 0.636. The summed E-state index contributed by atoms with van der Waals surface area (Å²) < 4.78 is 5.06. The summed E-state index contributed by atoms with van der Waals surface area (Å²) in [5.41, 5.74) is 0.856. The molecule has 4 aliphatic heterocycles. The first-order chi connectivity index (χ1) is 14.5. The maximum Gasteiger partial charge on any atom is 0.409 e. The van der Waals surface area contributed by atoms with E-state index >= 15 is 0 Å². The fourth-order valence-corrected chi connectivity index (χ4v) is 5.61. The van der Waals surface area contributed by atoms with Crippen LogP contribution in [0.1, 0.15) is 37.7 Å². The first-order valence-electron chi connectivity index (χ1n) is 10.8. The standard InChI is InChI=1S/C22H29Cl2N3O3/c1-30-22(29)26-14-20-19(25-9-2-3-10-25)6-4-5-16(26)13-27(20)21(28)12-15-7-8-17(23)18(24)11-15/h7-8,11,16,19-20H,2-6,9-10,12-14H2,1H3/t16-,19+,20+/m1/s1. The molecule has 4 fully saturated rings. The van der Waals surface area contributed by atoms with Crippen LogP contribution < -0.4 is 0 Å². The number of hydrogen-bond donors (Lipinski definition) is 0. The van der Waals surface area contributed by atoms with E-state index < -0.39 is 0 Å². The SMILES string of the molecule is COC(=O)N1C[C@H]2[C@@H](N3CCCC3)CCC[C@@H]1CN2C(=O)Cc1ccc(Cl)c(Cl)c1. The summed E-state index contributed by atoms with van der Waals surface area (Å²) in [7, 11) is 1.43. The van der Waals surface area contributed by atoms with Gasteiger partial charge in [0.2, 0.25) is 5.91 Å². The van der Waals surface area contributed by atoms with Crippen LogP contribution in [0.4, 0.5) is 4.79 Å². The first kappa shape index (κ1) is 21.7. The van der Waals surface area contributed by atoms with Crippen molar-refractivity contribution >= 4 is 35.2 Å². The third kappa shape index (κ3) is 4.41. The molecular weight excluding hydrogens is 425 g/mol. The second kappa shape index (κ2) is 9.33. The van der Waals surface area contributed by atoms with Crippen molar-refractivity contribution in [1.82, 2.24) is 14.7 Å². The van der Waals surface area contributed by atoms with Gasteiger partial charge >= 0.3 is 6.09 Å². The normalized spacial score (nSPS) is 27.1. The Morgan fingerprint density at radius 3 is 2.47 bits per heavy atom. The highest BCUT2D eigenvalue weighted by Crippen LogP contribution is 2.32. The molecule has 8 heteroatoms. The van der Waals surface area contributed by atoms with E-state index in [1.54, 1.807) is 12.1 Å². The van der Waals surface area contributed by atoms with Gasteiger partial charge in [0.25, 0.3) is 0 Å². The lowest BCUT2D eigenvalue weighted by Crippen LogP contribution is -2.67. The van der Waals surface area contributed by atoms with Gasteiger partial charge in [-0.25, -0.2) is 4.79 Å². The number of piperazine rings is 1. The van der Waals surface area contributed by atoms with Crippen molar-refractivity contribution in [3.63, 3.8) is 0 Å². The molecule has 0 aliphatic carbocycles. The summed E-state index contributed by atoms with van der Waals surface area (Å²) >= 11 is 12.2. The van der Waals surface area contributed by atoms with Gasteiger partial charge in [-0.15, -0.1) is 0 Å². The number of hydrogen-bond acceptors (Lipinski definition) is 4. The summed E-state index contributed by atoms with van der Waals surface area (Å²) in [6.07, 6.45) is 5.40. The molecule has 1 aromatic carbocycles. The van der Waals surface area contributed by atoms with Gasteiger partial charge in [-0.1, -0.05) is 29.3 Å². The van der Waals surface area contributed by atoms with Crippen LogP contribution in [0, 0.1) is 0 Å². The fourth-order valence-electron chi connectivity index (χ4n) is 5.29. The predicted octanol–water partition coefficient (Wildman–Crippen LogP) is 3.83. The van der Waals surface area contributed by atoms with Gasteiger partial charge < -0.3 is 14.5 Å². The second-order valence-corrected chi connectivity index (χ2v) is 9.37. The molecule has 5 rings (SSSR count). The number of fused-ring (bicyclic) bond motifs is 5. The van der Waals surface area contributed by atoms with Crippen LogP contribution in [-0.2, 0) is 16.0 Å². The van der Waals surface area contributed by atoms with Gasteiger partial charge in [0.15, 0.2) is 0 Å². The van der Waals surface area contributed by atoms with Crippen molar-refractivity contribution in [1.29, 1.82) is 0 Å². The Morgan fingerprint density at radius 2 is 1.77 bits per heavy atom. The monoisotopic (exact) mass is 453 g/mol. The topological polar surface area (TPSA) is 53.1 Å². The van der Waals surface area contributed by atoms with Crippen molar-refractivity contribution in [2.45, 2.75) is 56.7 Å². The molecule has 4 saturated heterocycles. The highest BCUT2D eigenvalue weighted by atomic mass is 35.5. The molecule has 0 spiro atoms. The van der Waals surface area contributed by atoms with E-state index in [-0.39, 0.29) is 36.5 Å². The average molecular weight is 454 g/mol. The Kier molecular flexibility index (Phi) is 6.75. The Balaban J connectivity index is 1.59. The third-order valence-electron chi connectivity index (χ3n) is 6.79. The van der Waals surface area contributed by atoms with Gasteiger partial charge in [-0.3, -0.25) is 9.69 Å². The van der Waals surface area contributed by atoms with E-state index in [9.17, 15) is 9.59 Å². The molecule has 0 N–H and O–H groups in total. The van der Waals surface area contributed by atoms with E-state index in [1.807, 2.05) is 15.9 Å². The molecule has 3 atom stereocenters. The van der Waals surface area contributed by atoms with Crippen molar-refractivity contribution in [2.75, 3.05) is 33.3 Å². The largest absolute Gasteiger partial charge is 0.453 e. The van der Waals surface area contributed by atoms with Crippen LogP contribution in [-0.4, -0.2) is 78.1 Å². The summed E-state index contributed by atoms with van der Waals surface area (Å²) in [6.45, 7) is 3.23. The molecule has 0 aromatic heterocycles. The number of carbonyl (C=O) groups excluding carboxylic acids is 2. The molecule has 0 unspecified atom stereocenters. The molecule has 164 valence electrons. The average Bonchev–Trinajstić information content (AvgIpc) is 3.24. The predicted molar refractivity (Wildman–Crippen MR) is 117 cm³/mol. The zero-order valence-electron chi connectivity index (χ0n) is 17.4. The number of nitrogens with zero attached hydrogens (tertiary/aromatic N) is 3. The van der Waals surface area contributed by atoms with Gasteiger partial charge in [-0.05, 0) is 62.9 Å². The van der Waals surface area contributed by atoms with Crippen LogP contribution in [0.15, 0.2) is 18.2 Å². The molecule has 4 heterocycles. The number of ether oxygens (including phenoxy) is 1. The highest BCUT2D eigenvalue weighted by Gasteiger charge is 2.45. The minimum atomic E-state index is -0.288. The van der Waals surface area contributed by atoms with Crippen LogP contribution >= 0.6 is 23.2 Å². The molecule has 2 amide bonds. The minimum absolute atomic E-state index is 0.00554. The zero-order valence-corrected chi connectivity index (χ0v) is 18.9. The maximum absolute atomic E-state index is 13.4. The van der Waals surface area contributed by atoms with Crippen LogP contribution in [0.25, 0.3) is 0 Å². The van der Waals surface area contributed by atoms with Crippen LogP contribution in [0.5, 0.6) is 0 Å². The lowest BCUT2D eigenvalue weighted by Gasteiger charge is -2.52. The first-order valence-corrected chi connectivity index (χ1v) is 11.6. The van der Waals surface area contributed by atoms with E-state index in [4.69, 9.17) is 27.9 Å². The molecule has 2 bridgehead atoms. The van der Waals surface area contributed by atoms with E-state index in [2.05, 4.69) is 4.90 Å². The number of halogens is 2. The molecule has 1 aromatic rings. The van der Waals surface area contributed by atoms with Gasteiger partial charge in [0, 0.05) is 19.1 Å². The van der Waals surface area contributed by atoms with Gasteiger partial charge in [-0.2, -0.15) is 0 Å². The van der Waals surface area contributed by atoms with Crippen LogP contribution in [0.3, 0.4) is 0 Å². The lowest BCUT2D eigenvalue weighted by atomic mass is 9.88. The Labute approximate surface area is 188 Å². The van der Waals surface area contributed by atoms with E-state index in [0.29, 0.717) is 23.1 Å². The van der Waals surface area contributed by atoms with Crippen molar-refractivity contribution in [3.05, 3.63) is 33.8 Å². The number of amides is 2. The summed E-state index contributed by atoms with van der Waals surface area (Å²) in [5, 5.41) is 0.948. The zero-order chi connectivity index (χ0) is 21.3. The lowest BCUT2D eigenvalue weighted by molar-refractivity contribution is -0.140. The Morgan fingerprint density at radius 1 is 1.00 bits per heavy atom. The quantitative estimate of drug-likeness (QED) is 0.697. The van der Waals surface area contributed by atoms with E-state index in [0.717, 1.165) is 37.9 Å². The number of methoxy groups -OCH3 is 1. The summed E-state index contributed by atoms with van der Waals surface area (Å²) in [5.74, 6) is 0.0824. The van der Waals surface area contributed by atoms with Crippen molar-refractivity contribution in [2.24, 2.45) is 0 Å². The molecule has 6 nitrogen and oxygen atoms in total. The van der Waals surface area contributed by atoms with Crippen LogP contribution in [0.2, 0.25) is 10.0 Å². The van der Waals surface area contributed by atoms with Crippen molar-refractivity contribution in [3.8, 4) is 0 Å². The number of benzene rings is 1. The van der Waals surface area contributed by atoms with Gasteiger partial charge in [0.05, 0.1) is 35.7 Å². The molecule has 0 saturated carbocycles. The maximum atomic E-state index is 13.4. The highest BCUT2D eigenvalue weighted by molar-refractivity contribution is 6.42. The summed E-state index contributed by atoms with van der Waals surface area (Å²) in [4.78, 5) is 32.3. The molecule has 0 radical (unpaired) electrons. The smallest absolute Gasteiger partial charge is 0.409 e. The third-order valence-corrected chi connectivity index (χ3v) is 7.53. The number of carbonyl (C=O) groups is 2. The van der Waals surface area contributed by atoms with E-state index in [1.165, 1.54) is 20.0 Å². The Hall–Kier alpha value is -1.50. The summed E-state index contributed by atoms with van der Waals surface area (Å²) in [6, 6.07) is 5.62. The van der Waals surface area contributed by atoms with Crippen molar-refractivity contribution < 1.29 is 14.3 Å².